The molecule has 7 nitrogen and oxygen atoms in total. The van der Waals surface area contributed by atoms with Crippen LogP contribution in [0.3, 0.4) is 0 Å². The van der Waals surface area contributed by atoms with Crippen molar-refractivity contribution in [3.05, 3.63) is 70.3 Å². The predicted molar refractivity (Wildman–Crippen MR) is 119 cm³/mol. The molecule has 2 aromatic carbocycles. The summed E-state index contributed by atoms with van der Waals surface area (Å²) in [6.45, 7) is 0. The topological polar surface area (TPSA) is 91.4 Å². The Balaban J connectivity index is 1.56. The first-order valence-electron chi connectivity index (χ1n) is 9.37. The molecule has 168 valence electrons. The molecule has 12 heteroatoms. The van der Waals surface area contributed by atoms with Gasteiger partial charge in [-0.3, -0.25) is 4.79 Å². The molecule has 0 bridgehead atoms. The third-order valence-corrected chi connectivity index (χ3v) is 8.05. The zero-order valence-electron chi connectivity index (χ0n) is 16.6. The average Bonchev–Trinajstić information content (AvgIpc) is 3.23. The number of carbonyl (C=O) groups excluding carboxylic acids is 1. The van der Waals surface area contributed by atoms with Gasteiger partial charge in [0.1, 0.15) is 22.7 Å². The van der Waals surface area contributed by atoms with E-state index >= 15 is 0 Å². The molecule has 2 N–H and O–H groups in total. The highest BCUT2D eigenvalue weighted by Crippen LogP contribution is 2.34. The Hall–Kier alpha value is -2.44. The minimum Gasteiger partial charge on any atom is -0.325 e. The first-order valence-corrected chi connectivity index (χ1v) is 12.0. The van der Waals surface area contributed by atoms with Crippen molar-refractivity contribution in [1.82, 2.24) is 14.0 Å². The molecule has 2 heterocycles. The van der Waals surface area contributed by atoms with Gasteiger partial charge in [0.15, 0.2) is 0 Å². The number of likely N-dealkylation sites (N-methyl/N-ethyl adjacent to an activating group) is 1. The molecule has 0 radical (unpaired) electrons. The summed E-state index contributed by atoms with van der Waals surface area (Å²) in [5.74, 6) is -1.58. The SMILES string of the molecule is CN1C(C(=O)Nc2ccc(F)c(Cl)c2)CC(c2ncc(-c3ccc(F)cc3)s2)NS1(=O)=O. The van der Waals surface area contributed by atoms with Crippen LogP contribution >= 0.6 is 22.9 Å². The summed E-state index contributed by atoms with van der Waals surface area (Å²) in [6.07, 6.45) is 1.70. The van der Waals surface area contributed by atoms with E-state index in [4.69, 9.17) is 11.6 Å². The summed E-state index contributed by atoms with van der Waals surface area (Å²) >= 11 is 7.00. The fraction of sp³-hybridized carbons (Fsp3) is 0.200. The van der Waals surface area contributed by atoms with Crippen molar-refractivity contribution in [2.75, 3.05) is 12.4 Å². The van der Waals surface area contributed by atoms with E-state index in [9.17, 15) is 22.0 Å². The average molecular weight is 499 g/mol. The second-order valence-electron chi connectivity index (χ2n) is 7.13. The molecule has 1 aromatic heterocycles. The molecule has 1 aliphatic heterocycles. The van der Waals surface area contributed by atoms with Crippen molar-refractivity contribution in [3.8, 4) is 10.4 Å². The van der Waals surface area contributed by atoms with E-state index in [0.29, 0.717) is 5.01 Å². The predicted octanol–water partition coefficient (Wildman–Crippen LogP) is 3.96. The van der Waals surface area contributed by atoms with Gasteiger partial charge in [0.25, 0.3) is 10.2 Å². The normalized spacial score (nSPS) is 20.8. The lowest BCUT2D eigenvalue weighted by atomic mass is 10.1. The molecule has 4 rings (SSSR count). The van der Waals surface area contributed by atoms with Crippen LogP contribution < -0.4 is 10.0 Å². The number of benzene rings is 2. The van der Waals surface area contributed by atoms with Gasteiger partial charge in [-0.2, -0.15) is 17.4 Å². The Labute approximate surface area is 192 Å². The minimum absolute atomic E-state index is 0.118. The van der Waals surface area contributed by atoms with Crippen LogP contribution in [0.25, 0.3) is 10.4 Å². The van der Waals surface area contributed by atoms with Gasteiger partial charge < -0.3 is 5.32 Å². The van der Waals surface area contributed by atoms with Gasteiger partial charge >= 0.3 is 0 Å². The number of hydrogen-bond acceptors (Lipinski definition) is 5. The van der Waals surface area contributed by atoms with Gasteiger partial charge in [-0.1, -0.05) is 23.7 Å². The highest BCUT2D eigenvalue weighted by Gasteiger charge is 2.41. The first kappa shape index (κ1) is 22.7. The molecule has 1 amide bonds. The molecule has 0 saturated carbocycles. The van der Waals surface area contributed by atoms with Crippen LogP contribution in [-0.4, -0.2) is 36.7 Å². The fourth-order valence-corrected chi connectivity index (χ4v) is 5.76. The van der Waals surface area contributed by atoms with Crippen molar-refractivity contribution >= 4 is 44.7 Å². The van der Waals surface area contributed by atoms with Gasteiger partial charge in [-0.25, -0.2) is 13.8 Å². The quantitative estimate of drug-likeness (QED) is 0.569. The molecule has 0 spiro atoms. The monoisotopic (exact) mass is 498 g/mol. The Morgan fingerprint density at radius 3 is 2.66 bits per heavy atom. The second kappa shape index (κ2) is 8.83. The Morgan fingerprint density at radius 2 is 1.97 bits per heavy atom. The Bertz CT molecular complexity index is 1270. The van der Waals surface area contributed by atoms with Crippen LogP contribution in [0.5, 0.6) is 0 Å². The number of anilines is 1. The van der Waals surface area contributed by atoms with Crippen molar-refractivity contribution in [2.45, 2.75) is 18.5 Å². The molecular formula is C20H17ClF2N4O3S2. The summed E-state index contributed by atoms with van der Waals surface area (Å²) in [5, 5.41) is 2.89. The number of aromatic nitrogens is 1. The third kappa shape index (κ3) is 4.66. The van der Waals surface area contributed by atoms with Crippen LogP contribution in [0, 0.1) is 11.6 Å². The third-order valence-electron chi connectivity index (χ3n) is 5.01. The van der Waals surface area contributed by atoms with Crippen molar-refractivity contribution < 1.29 is 22.0 Å². The number of rotatable bonds is 4. The van der Waals surface area contributed by atoms with Gasteiger partial charge in [0, 0.05) is 18.9 Å². The highest BCUT2D eigenvalue weighted by atomic mass is 35.5. The van der Waals surface area contributed by atoms with E-state index in [1.807, 2.05) is 0 Å². The maximum atomic E-state index is 13.4. The van der Waals surface area contributed by atoms with E-state index in [1.165, 1.54) is 42.6 Å². The summed E-state index contributed by atoms with van der Waals surface area (Å²) in [4.78, 5) is 17.9. The number of amides is 1. The van der Waals surface area contributed by atoms with Crippen LogP contribution in [0.2, 0.25) is 5.02 Å². The van der Waals surface area contributed by atoms with E-state index in [0.717, 1.165) is 20.8 Å². The summed E-state index contributed by atoms with van der Waals surface area (Å²) in [6, 6.07) is 7.79. The van der Waals surface area contributed by atoms with Crippen LogP contribution in [0.1, 0.15) is 17.5 Å². The molecule has 2 unspecified atom stereocenters. The molecule has 1 saturated heterocycles. The maximum Gasteiger partial charge on any atom is 0.280 e. The molecular weight excluding hydrogens is 482 g/mol. The molecule has 0 aliphatic carbocycles. The fourth-order valence-electron chi connectivity index (χ4n) is 3.27. The van der Waals surface area contributed by atoms with Crippen molar-refractivity contribution in [1.29, 1.82) is 0 Å². The minimum atomic E-state index is -3.97. The standard InChI is InChI=1S/C20H17ClF2N4O3S2/c1-27-17(19(28)25-13-6-7-15(23)14(21)8-13)9-16(26-32(27,29)30)20-24-10-18(31-20)11-2-4-12(22)5-3-11/h2-8,10,16-17,26H,9H2,1H3,(H,25,28). The molecule has 32 heavy (non-hydrogen) atoms. The highest BCUT2D eigenvalue weighted by molar-refractivity contribution is 7.87. The zero-order valence-corrected chi connectivity index (χ0v) is 18.9. The molecule has 1 fully saturated rings. The number of carbonyl (C=O) groups is 1. The molecule has 3 aromatic rings. The van der Waals surface area contributed by atoms with Gasteiger partial charge in [0.2, 0.25) is 5.91 Å². The van der Waals surface area contributed by atoms with Gasteiger partial charge in [-0.05, 0) is 42.3 Å². The van der Waals surface area contributed by atoms with E-state index in [2.05, 4.69) is 15.0 Å². The lowest BCUT2D eigenvalue weighted by Gasteiger charge is -2.35. The maximum absolute atomic E-state index is 13.4. The number of hydrogen-bond donors (Lipinski definition) is 2. The second-order valence-corrected chi connectivity index (χ2v) is 10.4. The Kier molecular flexibility index (Phi) is 6.28. The van der Waals surface area contributed by atoms with Gasteiger partial charge in [-0.15, -0.1) is 11.3 Å². The molecule has 2 atom stereocenters. The number of nitrogens with one attached hydrogen (secondary N) is 2. The van der Waals surface area contributed by atoms with E-state index in [-0.39, 0.29) is 22.9 Å². The smallest absolute Gasteiger partial charge is 0.280 e. The summed E-state index contributed by atoms with van der Waals surface area (Å²) < 4.78 is 55.3. The van der Waals surface area contributed by atoms with Crippen molar-refractivity contribution in [2.24, 2.45) is 0 Å². The van der Waals surface area contributed by atoms with Crippen LogP contribution in [0.15, 0.2) is 48.7 Å². The zero-order chi connectivity index (χ0) is 23.0. The first-order chi connectivity index (χ1) is 15.1. The lowest BCUT2D eigenvalue weighted by Crippen LogP contribution is -2.55. The summed E-state index contributed by atoms with van der Waals surface area (Å²) in [7, 11) is -2.67. The number of thiazole rings is 1. The van der Waals surface area contributed by atoms with Crippen LogP contribution in [-0.2, 0) is 15.0 Å². The van der Waals surface area contributed by atoms with Crippen molar-refractivity contribution in [3.63, 3.8) is 0 Å². The lowest BCUT2D eigenvalue weighted by molar-refractivity contribution is -0.120. The van der Waals surface area contributed by atoms with Crippen LogP contribution in [0.4, 0.5) is 14.5 Å². The molecule has 1 aliphatic rings. The van der Waals surface area contributed by atoms with E-state index in [1.54, 1.807) is 18.3 Å². The number of nitrogens with zero attached hydrogens (tertiary/aromatic N) is 2. The summed E-state index contributed by atoms with van der Waals surface area (Å²) in [5.41, 5.74) is 0.989. The largest absolute Gasteiger partial charge is 0.325 e. The Morgan fingerprint density at radius 1 is 1.25 bits per heavy atom. The van der Waals surface area contributed by atoms with Gasteiger partial charge in [0.05, 0.1) is 15.9 Å². The van der Waals surface area contributed by atoms with E-state index < -0.39 is 34.0 Å². The number of halogens is 3.